The first-order valence-corrected chi connectivity index (χ1v) is 6.47. The van der Waals surface area contributed by atoms with Gasteiger partial charge in [-0.2, -0.15) is 0 Å². The van der Waals surface area contributed by atoms with Crippen LogP contribution in [0.3, 0.4) is 0 Å². The van der Waals surface area contributed by atoms with Crippen LogP contribution >= 0.6 is 34.5 Å². The molecule has 0 bridgehead atoms. The van der Waals surface area contributed by atoms with Crippen molar-refractivity contribution in [1.29, 1.82) is 0 Å². The standard InChI is InChI=1S/C10H13Cl2NO2S/c1-2-13(3-4-14)6-8(15)7-5-9(11)16-10(7)12/h5,14H,2-4,6H2,1H3. The third-order valence-electron chi connectivity index (χ3n) is 2.19. The van der Waals surface area contributed by atoms with E-state index in [4.69, 9.17) is 28.3 Å². The predicted octanol–water partition coefficient (Wildman–Crippen LogP) is 2.55. The fraction of sp³-hybridized carbons (Fsp3) is 0.500. The fourth-order valence-corrected chi connectivity index (χ4v) is 2.81. The molecule has 0 atom stereocenters. The smallest absolute Gasteiger partial charge is 0.179 e. The van der Waals surface area contributed by atoms with Gasteiger partial charge in [-0.3, -0.25) is 9.69 Å². The van der Waals surface area contributed by atoms with E-state index in [2.05, 4.69) is 0 Å². The highest BCUT2D eigenvalue weighted by Crippen LogP contribution is 2.31. The molecule has 3 nitrogen and oxygen atoms in total. The van der Waals surface area contributed by atoms with E-state index in [0.29, 0.717) is 27.3 Å². The first kappa shape index (κ1) is 13.9. The summed E-state index contributed by atoms with van der Waals surface area (Å²) in [5, 5.41) is 8.81. The van der Waals surface area contributed by atoms with Crippen molar-refractivity contribution in [2.45, 2.75) is 6.92 Å². The molecule has 0 saturated carbocycles. The number of Topliss-reactive ketones (excluding diaryl/α,β-unsaturated/α-hetero) is 1. The Bertz CT molecular complexity index is 368. The van der Waals surface area contributed by atoms with E-state index in [1.807, 2.05) is 11.8 Å². The Labute approximate surface area is 109 Å². The van der Waals surface area contributed by atoms with Crippen molar-refractivity contribution in [3.63, 3.8) is 0 Å². The maximum absolute atomic E-state index is 11.9. The predicted molar refractivity (Wildman–Crippen MR) is 67.9 cm³/mol. The number of carbonyl (C=O) groups excluding carboxylic acids is 1. The van der Waals surface area contributed by atoms with Gasteiger partial charge >= 0.3 is 0 Å². The molecule has 0 aliphatic heterocycles. The van der Waals surface area contributed by atoms with Crippen LogP contribution in [0.2, 0.25) is 8.67 Å². The van der Waals surface area contributed by atoms with E-state index < -0.39 is 0 Å². The zero-order chi connectivity index (χ0) is 12.1. The number of thiophene rings is 1. The lowest BCUT2D eigenvalue weighted by molar-refractivity contribution is 0.0920. The SMILES string of the molecule is CCN(CCO)CC(=O)c1cc(Cl)sc1Cl. The summed E-state index contributed by atoms with van der Waals surface area (Å²) in [6, 6.07) is 1.59. The minimum Gasteiger partial charge on any atom is -0.395 e. The largest absolute Gasteiger partial charge is 0.395 e. The van der Waals surface area contributed by atoms with Crippen molar-refractivity contribution in [2.75, 3.05) is 26.2 Å². The van der Waals surface area contributed by atoms with E-state index in [1.54, 1.807) is 6.07 Å². The van der Waals surface area contributed by atoms with Gasteiger partial charge in [-0.15, -0.1) is 11.3 Å². The summed E-state index contributed by atoms with van der Waals surface area (Å²) in [6.07, 6.45) is 0. The highest BCUT2D eigenvalue weighted by atomic mass is 35.5. The Morgan fingerprint density at radius 2 is 2.25 bits per heavy atom. The van der Waals surface area contributed by atoms with E-state index >= 15 is 0 Å². The van der Waals surface area contributed by atoms with Crippen molar-refractivity contribution in [1.82, 2.24) is 4.90 Å². The van der Waals surface area contributed by atoms with Gasteiger partial charge in [0.2, 0.25) is 0 Å². The number of likely N-dealkylation sites (N-methyl/N-ethyl adjacent to an activating group) is 1. The summed E-state index contributed by atoms with van der Waals surface area (Å²) in [5.41, 5.74) is 0.466. The molecule has 0 spiro atoms. The van der Waals surface area contributed by atoms with Gasteiger partial charge in [0.05, 0.1) is 23.1 Å². The van der Waals surface area contributed by atoms with Crippen LogP contribution in [-0.4, -0.2) is 42.0 Å². The van der Waals surface area contributed by atoms with E-state index in [1.165, 1.54) is 11.3 Å². The minimum atomic E-state index is -0.0662. The molecule has 1 aromatic rings. The van der Waals surface area contributed by atoms with Gasteiger partial charge in [0, 0.05) is 6.54 Å². The lowest BCUT2D eigenvalue weighted by atomic mass is 10.2. The van der Waals surface area contributed by atoms with Gasteiger partial charge < -0.3 is 5.11 Å². The number of carbonyl (C=O) groups is 1. The van der Waals surface area contributed by atoms with Crippen LogP contribution in [-0.2, 0) is 0 Å². The lowest BCUT2D eigenvalue weighted by Gasteiger charge is -2.17. The maximum Gasteiger partial charge on any atom is 0.179 e. The van der Waals surface area contributed by atoms with E-state index in [-0.39, 0.29) is 18.9 Å². The number of hydrogen-bond donors (Lipinski definition) is 1. The van der Waals surface area contributed by atoms with Crippen LogP contribution in [0.1, 0.15) is 17.3 Å². The molecule has 0 aromatic carbocycles. The van der Waals surface area contributed by atoms with E-state index in [0.717, 1.165) is 0 Å². The van der Waals surface area contributed by atoms with Crippen molar-refractivity contribution >= 4 is 40.3 Å². The molecule has 0 saturated heterocycles. The van der Waals surface area contributed by atoms with Gasteiger partial charge in [0.25, 0.3) is 0 Å². The normalized spacial score (nSPS) is 11.1. The zero-order valence-electron chi connectivity index (χ0n) is 8.87. The zero-order valence-corrected chi connectivity index (χ0v) is 11.2. The molecule has 6 heteroatoms. The van der Waals surface area contributed by atoms with Gasteiger partial charge in [0.1, 0.15) is 4.34 Å². The Morgan fingerprint density at radius 1 is 1.56 bits per heavy atom. The highest BCUT2D eigenvalue weighted by molar-refractivity contribution is 7.20. The molecule has 90 valence electrons. The second-order valence-corrected chi connectivity index (χ2v) is 5.54. The van der Waals surface area contributed by atoms with Crippen molar-refractivity contribution in [3.05, 3.63) is 20.3 Å². The summed E-state index contributed by atoms with van der Waals surface area (Å²) in [5.74, 6) is -0.0662. The van der Waals surface area contributed by atoms with Gasteiger partial charge in [0.15, 0.2) is 5.78 Å². The molecule has 0 amide bonds. The quantitative estimate of drug-likeness (QED) is 0.815. The maximum atomic E-state index is 11.9. The topological polar surface area (TPSA) is 40.5 Å². The Morgan fingerprint density at radius 3 is 2.69 bits per heavy atom. The molecule has 0 radical (unpaired) electrons. The molecule has 1 N–H and O–H groups in total. The van der Waals surface area contributed by atoms with Crippen LogP contribution in [0, 0.1) is 0 Å². The van der Waals surface area contributed by atoms with Gasteiger partial charge in [-0.25, -0.2) is 0 Å². The van der Waals surface area contributed by atoms with Crippen LogP contribution in [0.15, 0.2) is 6.07 Å². The van der Waals surface area contributed by atoms with Crippen molar-refractivity contribution in [3.8, 4) is 0 Å². The Hall–Kier alpha value is -0.130. The number of hydrogen-bond acceptors (Lipinski definition) is 4. The lowest BCUT2D eigenvalue weighted by Crippen LogP contribution is -2.32. The van der Waals surface area contributed by atoms with Crippen molar-refractivity contribution in [2.24, 2.45) is 0 Å². The second-order valence-electron chi connectivity index (χ2n) is 3.25. The minimum absolute atomic E-state index is 0.0409. The summed E-state index contributed by atoms with van der Waals surface area (Å²) in [7, 11) is 0. The van der Waals surface area contributed by atoms with E-state index in [9.17, 15) is 4.79 Å². The molecule has 0 aliphatic rings. The molecule has 1 rings (SSSR count). The molecular weight excluding hydrogens is 269 g/mol. The molecule has 0 unspecified atom stereocenters. The Kier molecular flexibility index (Phi) is 5.72. The first-order valence-electron chi connectivity index (χ1n) is 4.89. The third kappa shape index (κ3) is 3.71. The number of halogens is 2. The van der Waals surface area contributed by atoms with Crippen molar-refractivity contribution < 1.29 is 9.90 Å². The van der Waals surface area contributed by atoms with Gasteiger partial charge in [-0.1, -0.05) is 30.1 Å². The summed E-state index contributed by atoms with van der Waals surface area (Å²) in [6.45, 7) is 3.42. The number of ketones is 1. The molecule has 16 heavy (non-hydrogen) atoms. The van der Waals surface area contributed by atoms with Crippen LogP contribution in [0.25, 0.3) is 0 Å². The molecule has 0 fully saturated rings. The van der Waals surface area contributed by atoms with Gasteiger partial charge in [-0.05, 0) is 12.6 Å². The average Bonchev–Trinajstić information content (AvgIpc) is 2.57. The molecule has 0 aliphatic carbocycles. The summed E-state index contributed by atoms with van der Waals surface area (Å²) < 4.78 is 0.939. The first-order chi connectivity index (χ1) is 7.58. The van der Waals surface area contributed by atoms with Crippen LogP contribution < -0.4 is 0 Å². The summed E-state index contributed by atoms with van der Waals surface area (Å²) in [4.78, 5) is 13.7. The highest BCUT2D eigenvalue weighted by Gasteiger charge is 2.16. The third-order valence-corrected chi connectivity index (χ3v) is 3.68. The number of aliphatic hydroxyl groups excluding tert-OH is 1. The van der Waals surface area contributed by atoms with Crippen LogP contribution in [0.5, 0.6) is 0 Å². The van der Waals surface area contributed by atoms with Crippen LogP contribution in [0.4, 0.5) is 0 Å². The molecule has 1 heterocycles. The fourth-order valence-electron chi connectivity index (χ4n) is 1.31. The number of rotatable bonds is 6. The molecular formula is C10H13Cl2NO2S. The molecule has 1 aromatic heterocycles. The monoisotopic (exact) mass is 281 g/mol. The second kappa shape index (κ2) is 6.57. The average molecular weight is 282 g/mol. The summed E-state index contributed by atoms with van der Waals surface area (Å²) >= 11 is 12.8. The number of nitrogens with zero attached hydrogens (tertiary/aromatic N) is 1. The Balaban J connectivity index is 2.67. The number of aliphatic hydroxyl groups is 1.